The number of methoxy groups -OCH3 is 2. The zero-order chi connectivity index (χ0) is 18.2. The van der Waals surface area contributed by atoms with Crippen molar-refractivity contribution in [2.75, 3.05) is 20.8 Å². The van der Waals surface area contributed by atoms with Gasteiger partial charge in [0, 0.05) is 35.0 Å². The number of esters is 3. The lowest BCUT2D eigenvalue weighted by Gasteiger charge is -2.33. The lowest BCUT2D eigenvalue weighted by atomic mass is 10.0. The Morgan fingerprint density at radius 2 is 1.45 bits per heavy atom. The van der Waals surface area contributed by atoms with Crippen molar-refractivity contribution in [1.29, 1.82) is 0 Å². The van der Waals surface area contributed by atoms with Gasteiger partial charge in [-0.2, -0.15) is 0 Å². The third-order valence-electron chi connectivity index (χ3n) is 2.68. The van der Waals surface area contributed by atoms with E-state index in [2.05, 4.69) is 0 Å². The van der Waals surface area contributed by atoms with Gasteiger partial charge in [-0.15, -0.1) is 0 Å². The van der Waals surface area contributed by atoms with Crippen LogP contribution in [0.4, 0.5) is 0 Å². The third-order valence-corrected chi connectivity index (χ3v) is 2.68. The molecule has 0 spiro atoms. The van der Waals surface area contributed by atoms with Gasteiger partial charge in [-0.05, 0) is 6.92 Å². The predicted octanol–water partition coefficient (Wildman–Crippen LogP) is 0.463. The monoisotopic (exact) mass is 321 g/mol. The van der Waals surface area contributed by atoms with Crippen LogP contribution in [-0.4, -0.2) is 63.1 Å². The van der Waals surface area contributed by atoms with Crippen LogP contribution in [0, 0.1) is 0 Å². The van der Waals surface area contributed by atoms with Crippen molar-refractivity contribution in [3.8, 4) is 0 Å². The fourth-order valence-electron chi connectivity index (χ4n) is 1.86. The number of rotatable bonds is 9. The first kappa shape index (κ1) is 18.4. The molecule has 5 unspecified atom stereocenters. The van der Waals surface area contributed by atoms with Crippen molar-refractivity contribution in [3.05, 3.63) is 0 Å². The van der Waals surface area contributed by atoms with Gasteiger partial charge in [0.15, 0.2) is 6.10 Å². The molecule has 0 heterocycles. The SMILES string of the molecule is [2H]C(OC(C)=O)C(OC)C(OC(C)=O)C(OC)C(C)OC(C)=O. The number of ether oxygens (including phenoxy) is 5. The van der Waals surface area contributed by atoms with Gasteiger partial charge in [0.25, 0.3) is 0 Å². The van der Waals surface area contributed by atoms with Gasteiger partial charge in [0.2, 0.25) is 0 Å². The zero-order valence-corrected chi connectivity index (χ0v) is 13.7. The molecule has 8 heteroatoms. The number of carbonyl (C=O) groups excluding carboxylic acids is 3. The van der Waals surface area contributed by atoms with E-state index in [0.29, 0.717) is 0 Å². The Labute approximate surface area is 131 Å². The summed E-state index contributed by atoms with van der Waals surface area (Å²) in [5.41, 5.74) is 0. The lowest BCUT2D eigenvalue weighted by Crippen LogP contribution is -2.50. The molecule has 0 aromatic carbocycles. The highest BCUT2D eigenvalue weighted by atomic mass is 16.6. The molecule has 0 aliphatic heterocycles. The van der Waals surface area contributed by atoms with Crippen LogP contribution in [0.2, 0.25) is 0 Å². The van der Waals surface area contributed by atoms with Crippen LogP contribution in [0.1, 0.15) is 29.1 Å². The fraction of sp³-hybridized carbons (Fsp3) is 0.786. The molecule has 0 aliphatic rings. The molecule has 0 fully saturated rings. The summed E-state index contributed by atoms with van der Waals surface area (Å²) in [4.78, 5) is 33.5. The molecule has 8 nitrogen and oxygen atoms in total. The summed E-state index contributed by atoms with van der Waals surface area (Å²) in [7, 11) is 2.61. The van der Waals surface area contributed by atoms with Gasteiger partial charge in [-0.3, -0.25) is 14.4 Å². The summed E-state index contributed by atoms with van der Waals surface area (Å²) in [6.45, 7) is 3.63. The molecule has 0 aliphatic carbocycles. The molecule has 0 radical (unpaired) electrons. The molecule has 0 aromatic rings. The topological polar surface area (TPSA) is 97.4 Å². The second kappa shape index (κ2) is 10.1. The van der Waals surface area contributed by atoms with E-state index in [0.717, 1.165) is 6.92 Å². The standard InChI is InChI=1S/C14H24O8/c1-8(21-10(3)16)13(19-6)14(22-11(4)17)12(18-5)7-20-9(2)15/h8,12-14H,7H2,1-6H3/i7D. The van der Waals surface area contributed by atoms with Crippen LogP contribution < -0.4 is 0 Å². The minimum atomic E-state index is -1.45. The quantitative estimate of drug-likeness (QED) is 0.446. The Morgan fingerprint density at radius 3 is 1.82 bits per heavy atom. The van der Waals surface area contributed by atoms with Crippen LogP contribution in [0.3, 0.4) is 0 Å². The van der Waals surface area contributed by atoms with E-state index in [1.807, 2.05) is 0 Å². The normalized spacial score (nSPS) is 18.2. The van der Waals surface area contributed by atoms with Crippen molar-refractivity contribution in [2.45, 2.75) is 52.1 Å². The maximum atomic E-state index is 11.4. The molecule has 5 atom stereocenters. The van der Waals surface area contributed by atoms with Crippen molar-refractivity contribution in [1.82, 2.24) is 0 Å². The van der Waals surface area contributed by atoms with Crippen molar-refractivity contribution in [3.63, 3.8) is 0 Å². The molecular weight excluding hydrogens is 296 g/mol. The van der Waals surface area contributed by atoms with E-state index in [9.17, 15) is 14.4 Å². The van der Waals surface area contributed by atoms with Crippen molar-refractivity contribution >= 4 is 17.9 Å². The summed E-state index contributed by atoms with van der Waals surface area (Å²) < 4.78 is 33.3. The van der Waals surface area contributed by atoms with Crippen LogP contribution in [0.5, 0.6) is 0 Å². The molecule has 0 amide bonds. The summed E-state index contributed by atoms with van der Waals surface area (Å²) in [6.07, 6.45) is -3.97. The molecule has 0 saturated heterocycles. The number of carbonyl (C=O) groups is 3. The Kier molecular flexibility index (Phi) is 8.46. The molecule has 0 rings (SSSR count). The molecule has 0 bridgehead atoms. The molecule has 22 heavy (non-hydrogen) atoms. The predicted molar refractivity (Wildman–Crippen MR) is 75.0 cm³/mol. The first-order chi connectivity index (χ1) is 10.6. The maximum absolute atomic E-state index is 11.4. The highest BCUT2D eigenvalue weighted by Crippen LogP contribution is 2.18. The Morgan fingerprint density at radius 1 is 0.909 bits per heavy atom. The summed E-state index contributed by atoms with van der Waals surface area (Å²) in [5, 5.41) is 0. The van der Waals surface area contributed by atoms with Gasteiger partial charge in [0.1, 0.15) is 24.9 Å². The molecular formula is C14H24O8. The average molecular weight is 321 g/mol. The van der Waals surface area contributed by atoms with Gasteiger partial charge in [-0.25, -0.2) is 0 Å². The van der Waals surface area contributed by atoms with Crippen molar-refractivity contribution in [2.24, 2.45) is 0 Å². The highest BCUT2D eigenvalue weighted by Gasteiger charge is 2.38. The summed E-state index contributed by atoms with van der Waals surface area (Å²) >= 11 is 0. The lowest BCUT2D eigenvalue weighted by molar-refractivity contribution is -0.188. The van der Waals surface area contributed by atoms with E-state index in [1.165, 1.54) is 28.1 Å². The zero-order valence-electron chi connectivity index (χ0n) is 14.7. The molecule has 0 saturated carbocycles. The molecule has 128 valence electrons. The first-order valence-electron chi connectivity index (χ1n) is 7.21. The van der Waals surface area contributed by atoms with Gasteiger partial charge in [0.05, 0.1) is 1.37 Å². The van der Waals surface area contributed by atoms with Crippen molar-refractivity contribution < 1.29 is 39.4 Å². The van der Waals surface area contributed by atoms with Gasteiger partial charge < -0.3 is 23.7 Å². The van der Waals surface area contributed by atoms with Crippen LogP contribution in [-0.2, 0) is 38.1 Å². The minimum Gasteiger partial charge on any atom is -0.463 e. The molecule has 0 N–H and O–H groups in total. The highest BCUT2D eigenvalue weighted by molar-refractivity contribution is 5.67. The Hall–Kier alpha value is -1.67. The van der Waals surface area contributed by atoms with Crippen LogP contribution in [0.15, 0.2) is 0 Å². The smallest absolute Gasteiger partial charge is 0.303 e. The van der Waals surface area contributed by atoms with E-state index >= 15 is 0 Å². The maximum Gasteiger partial charge on any atom is 0.303 e. The fourth-order valence-corrected chi connectivity index (χ4v) is 1.86. The van der Waals surface area contributed by atoms with Gasteiger partial charge in [-0.1, -0.05) is 0 Å². The Bertz CT molecular complexity index is 384. The van der Waals surface area contributed by atoms with Gasteiger partial charge >= 0.3 is 17.9 Å². The van der Waals surface area contributed by atoms with E-state index in [1.54, 1.807) is 6.92 Å². The second-order valence-electron chi connectivity index (χ2n) is 4.53. The number of hydrogen-bond donors (Lipinski definition) is 0. The first-order valence-corrected chi connectivity index (χ1v) is 6.63. The second-order valence-corrected chi connectivity index (χ2v) is 4.53. The summed E-state index contributed by atoms with van der Waals surface area (Å²) in [5.74, 6) is -1.88. The number of hydrogen-bond acceptors (Lipinski definition) is 8. The summed E-state index contributed by atoms with van der Waals surface area (Å²) in [6, 6.07) is 0. The minimum absolute atomic E-state index is 0.544. The molecule has 0 aromatic heterocycles. The Balaban J connectivity index is 5.44. The third kappa shape index (κ3) is 7.37. The van der Waals surface area contributed by atoms with Crippen LogP contribution in [0.25, 0.3) is 0 Å². The van der Waals surface area contributed by atoms with E-state index in [4.69, 9.17) is 25.1 Å². The van der Waals surface area contributed by atoms with E-state index < -0.39 is 48.9 Å². The van der Waals surface area contributed by atoms with Crippen LogP contribution >= 0.6 is 0 Å². The average Bonchev–Trinajstić information content (AvgIpc) is 2.37. The van der Waals surface area contributed by atoms with E-state index in [-0.39, 0.29) is 0 Å². The largest absolute Gasteiger partial charge is 0.463 e.